The molecule has 0 aliphatic carbocycles. The van der Waals surface area contributed by atoms with Gasteiger partial charge in [-0.3, -0.25) is 9.59 Å². The molecule has 2 aromatic carbocycles. The third-order valence-corrected chi connectivity index (χ3v) is 4.61. The number of methoxy groups -OCH3 is 1. The van der Waals surface area contributed by atoms with Gasteiger partial charge in [0.25, 0.3) is 0 Å². The lowest BCUT2D eigenvalue weighted by molar-refractivity contribution is -0.143. The Morgan fingerprint density at radius 2 is 1.53 bits per heavy atom. The molecule has 3 atom stereocenters. The molecule has 2 rings (SSSR count). The Labute approximate surface area is 187 Å². The van der Waals surface area contributed by atoms with Crippen molar-refractivity contribution in [2.45, 2.75) is 51.3 Å². The SMILES string of the molecule is COC(=O)[C@H](c1ccccc1F)[C@@H](NC(=O)[C@H](C)NC(=O)OC(C)(C)C)c1ccccc1. The summed E-state index contributed by atoms with van der Waals surface area (Å²) in [6.07, 6.45) is -0.755. The second-order valence-corrected chi connectivity index (χ2v) is 8.29. The third kappa shape index (κ3) is 6.80. The molecule has 172 valence electrons. The third-order valence-electron chi connectivity index (χ3n) is 4.61. The van der Waals surface area contributed by atoms with Crippen molar-refractivity contribution in [1.82, 2.24) is 10.6 Å². The molecule has 0 spiro atoms. The van der Waals surface area contributed by atoms with Crippen molar-refractivity contribution in [3.05, 3.63) is 71.5 Å². The van der Waals surface area contributed by atoms with Crippen molar-refractivity contribution >= 4 is 18.0 Å². The van der Waals surface area contributed by atoms with E-state index in [2.05, 4.69) is 10.6 Å². The van der Waals surface area contributed by atoms with Crippen molar-refractivity contribution in [3.63, 3.8) is 0 Å². The molecule has 0 radical (unpaired) electrons. The summed E-state index contributed by atoms with van der Waals surface area (Å²) in [5.74, 6) is -3.04. The van der Waals surface area contributed by atoms with E-state index in [0.29, 0.717) is 5.56 Å². The van der Waals surface area contributed by atoms with Crippen LogP contribution in [0.2, 0.25) is 0 Å². The van der Waals surface area contributed by atoms with Gasteiger partial charge < -0.3 is 20.1 Å². The van der Waals surface area contributed by atoms with Crippen LogP contribution in [0.25, 0.3) is 0 Å². The van der Waals surface area contributed by atoms with Gasteiger partial charge in [0, 0.05) is 5.56 Å². The quantitative estimate of drug-likeness (QED) is 0.633. The number of hydrogen-bond acceptors (Lipinski definition) is 5. The van der Waals surface area contributed by atoms with Crippen LogP contribution in [-0.4, -0.2) is 36.7 Å². The number of esters is 1. The van der Waals surface area contributed by atoms with E-state index in [9.17, 15) is 18.8 Å². The molecule has 0 aliphatic heterocycles. The smallest absolute Gasteiger partial charge is 0.408 e. The van der Waals surface area contributed by atoms with Gasteiger partial charge in [0.05, 0.1) is 13.2 Å². The number of carbonyl (C=O) groups is 3. The molecule has 0 aliphatic rings. The van der Waals surface area contributed by atoms with Crippen LogP contribution in [0.15, 0.2) is 54.6 Å². The van der Waals surface area contributed by atoms with Crippen LogP contribution in [-0.2, 0) is 19.1 Å². The van der Waals surface area contributed by atoms with E-state index in [-0.39, 0.29) is 5.56 Å². The molecule has 0 bridgehead atoms. The van der Waals surface area contributed by atoms with Gasteiger partial charge in [0.15, 0.2) is 0 Å². The zero-order chi connectivity index (χ0) is 23.9. The maximum absolute atomic E-state index is 14.6. The van der Waals surface area contributed by atoms with Gasteiger partial charge >= 0.3 is 12.1 Å². The van der Waals surface area contributed by atoms with Gasteiger partial charge in [0.1, 0.15) is 23.4 Å². The van der Waals surface area contributed by atoms with Crippen LogP contribution >= 0.6 is 0 Å². The first-order valence-electron chi connectivity index (χ1n) is 10.2. The Bertz CT molecular complexity index is 943. The van der Waals surface area contributed by atoms with Gasteiger partial charge in [-0.2, -0.15) is 0 Å². The maximum Gasteiger partial charge on any atom is 0.408 e. The fourth-order valence-electron chi connectivity index (χ4n) is 3.14. The van der Waals surface area contributed by atoms with E-state index in [0.717, 1.165) is 0 Å². The monoisotopic (exact) mass is 444 g/mol. The lowest BCUT2D eigenvalue weighted by Gasteiger charge is -2.29. The molecule has 0 saturated carbocycles. The van der Waals surface area contributed by atoms with E-state index in [1.807, 2.05) is 0 Å². The minimum atomic E-state index is -1.15. The number of alkyl carbamates (subject to hydrolysis) is 1. The average molecular weight is 445 g/mol. The fraction of sp³-hybridized carbons (Fsp3) is 0.375. The second-order valence-electron chi connectivity index (χ2n) is 8.29. The summed E-state index contributed by atoms with van der Waals surface area (Å²) in [7, 11) is 1.20. The van der Waals surface area contributed by atoms with Gasteiger partial charge in [-0.1, -0.05) is 48.5 Å². The fourth-order valence-corrected chi connectivity index (χ4v) is 3.14. The lowest BCUT2D eigenvalue weighted by Crippen LogP contribution is -2.48. The largest absolute Gasteiger partial charge is 0.468 e. The van der Waals surface area contributed by atoms with Crippen LogP contribution in [0.1, 0.15) is 50.8 Å². The molecular weight excluding hydrogens is 415 g/mol. The van der Waals surface area contributed by atoms with E-state index in [1.165, 1.54) is 32.2 Å². The standard InChI is InChI=1S/C24H29FN2O5/c1-15(26-23(30)32-24(2,3)4)21(28)27-20(16-11-7-6-8-12-16)19(22(29)31-5)17-13-9-10-14-18(17)25/h6-15,19-20H,1-5H3,(H,26,30)(H,27,28)/t15-,19+,20-/m0/s1. The minimum Gasteiger partial charge on any atom is -0.468 e. The predicted molar refractivity (Wildman–Crippen MR) is 117 cm³/mol. The van der Waals surface area contributed by atoms with Crippen LogP contribution in [0.3, 0.4) is 0 Å². The van der Waals surface area contributed by atoms with Gasteiger partial charge in [-0.15, -0.1) is 0 Å². The highest BCUT2D eigenvalue weighted by Gasteiger charge is 2.36. The zero-order valence-electron chi connectivity index (χ0n) is 18.8. The molecule has 0 saturated heterocycles. The van der Waals surface area contributed by atoms with Gasteiger partial charge in [-0.05, 0) is 39.3 Å². The summed E-state index contributed by atoms with van der Waals surface area (Å²) in [6, 6.07) is 12.6. The highest BCUT2D eigenvalue weighted by Crippen LogP contribution is 2.33. The summed E-state index contributed by atoms with van der Waals surface area (Å²) < 4.78 is 24.8. The molecule has 2 amide bonds. The highest BCUT2D eigenvalue weighted by atomic mass is 19.1. The topological polar surface area (TPSA) is 93.7 Å². The summed E-state index contributed by atoms with van der Waals surface area (Å²) >= 11 is 0. The number of amides is 2. The van der Waals surface area contributed by atoms with Crippen molar-refractivity contribution in [2.75, 3.05) is 7.11 Å². The number of halogens is 1. The first-order chi connectivity index (χ1) is 15.0. The molecule has 0 fully saturated rings. The molecule has 7 nitrogen and oxygen atoms in total. The molecule has 32 heavy (non-hydrogen) atoms. The Morgan fingerprint density at radius 1 is 0.938 bits per heavy atom. The lowest BCUT2D eigenvalue weighted by atomic mass is 9.86. The van der Waals surface area contributed by atoms with Crippen molar-refractivity contribution in [2.24, 2.45) is 0 Å². The van der Waals surface area contributed by atoms with Gasteiger partial charge in [0.2, 0.25) is 5.91 Å². The first-order valence-corrected chi connectivity index (χ1v) is 10.2. The molecule has 2 aromatic rings. The number of nitrogens with one attached hydrogen (secondary N) is 2. The summed E-state index contributed by atoms with van der Waals surface area (Å²) in [5, 5.41) is 5.23. The maximum atomic E-state index is 14.6. The van der Waals surface area contributed by atoms with Crippen LogP contribution in [0, 0.1) is 5.82 Å². The average Bonchev–Trinajstić information content (AvgIpc) is 2.73. The van der Waals surface area contributed by atoms with E-state index >= 15 is 0 Å². The second kappa shape index (κ2) is 10.7. The normalized spacial score (nSPS) is 13.9. The molecular formula is C24H29FN2O5. The van der Waals surface area contributed by atoms with Crippen LogP contribution < -0.4 is 10.6 Å². The Balaban J connectivity index is 2.36. The summed E-state index contributed by atoms with van der Waals surface area (Å²) in [5.41, 5.74) is -0.0709. The Kier molecular flexibility index (Phi) is 8.34. The number of rotatable bonds is 7. The highest BCUT2D eigenvalue weighted by molar-refractivity contribution is 5.87. The van der Waals surface area contributed by atoms with E-state index in [4.69, 9.17) is 9.47 Å². The van der Waals surface area contributed by atoms with Crippen LogP contribution in [0.5, 0.6) is 0 Å². The number of carbonyl (C=O) groups excluding carboxylic acids is 3. The summed E-state index contributed by atoms with van der Waals surface area (Å²) in [6.45, 7) is 6.60. The van der Waals surface area contributed by atoms with Crippen LogP contribution in [0.4, 0.5) is 9.18 Å². The molecule has 2 N–H and O–H groups in total. The molecule has 0 aromatic heterocycles. The van der Waals surface area contributed by atoms with Gasteiger partial charge in [-0.25, -0.2) is 9.18 Å². The molecule has 0 unspecified atom stereocenters. The number of benzene rings is 2. The zero-order valence-corrected chi connectivity index (χ0v) is 18.8. The van der Waals surface area contributed by atoms with E-state index in [1.54, 1.807) is 57.2 Å². The summed E-state index contributed by atoms with van der Waals surface area (Å²) in [4.78, 5) is 37.7. The minimum absolute atomic E-state index is 0.0845. The van der Waals surface area contributed by atoms with Crippen molar-refractivity contribution in [1.29, 1.82) is 0 Å². The Hall–Kier alpha value is -3.42. The number of ether oxygens (including phenoxy) is 2. The number of hydrogen-bond donors (Lipinski definition) is 2. The first kappa shape index (κ1) is 24.8. The van der Waals surface area contributed by atoms with Crippen molar-refractivity contribution in [3.8, 4) is 0 Å². The molecule has 0 heterocycles. The molecule has 8 heteroatoms. The van der Waals surface area contributed by atoms with E-state index < -0.39 is 47.4 Å². The van der Waals surface area contributed by atoms with Crippen molar-refractivity contribution < 1.29 is 28.2 Å². The predicted octanol–water partition coefficient (Wildman–Crippen LogP) is 3.85. The Morgan fingerprint density at radius 3 is 2.09 bits per heavy atom.